The second-order valence-electron chi connectivity index (χ2n) is 7.86. The standard InChI is InChI=1S/C27H23N3O3S/c1-17-10-12-19(13-11-17)22(31)16-34-27-21(15-28)25(23-9-6-14-33-23)24(18(2)29-27)26(32)30-20-7-4-3-5-8-20/h3-14,25,29H,16H2,1-2H3,(H,30,32). The Labute approximate surface area is 202 Å². The highest BCUT2D eigenvalue weighted by molar-refractivity contribution is 8.03. The molecule has 1 aliphatic heterocycles. The number of aryl methyl sites for hydroxylation is 1. The first-order valence-electron chi connectivity index (χ1n) is 10.7. The molecule has 0 saturated heterocycles. The normalized spacial score (nSPS) is 15.5. The van der Waals surface area contributed by atoms with E-state index in [0.717, 1.165) is 5.56 Å². The Morgan fingerprint density at radius 2 is 1.79 bits per heavy atom. The molecular formula is C27H23N3O3S. The largest absolute Gasteiger partial charge is 0.468 e. The predicted octanol–water partition coefficient (Wildman–Crippen LogP) is 5.54. The van der Waals surface area contributed by atoms with Crippen LogP contribution in [-0.2, 0) is 4.79 Å². The molecule has 0 radical (unpaired) electrons. The number of anilines is 1. The molecular weight excluding hydrogens is 446 g/mol. The fourth-order valence-electron chi connectivity index (χ4n) is 3.75. The van der Waals surface area contributed by atoms with Crippen LogP contribution < -0.4 is 10.6 Å². The van der Waals surface area contributed by atoms with E-state index in [9.17, 15) is 14.9 Å². The third kappa shape index (κ3) is 4.98. The fraction of sp³-hybridized carbons (Fsp3) is 0.148. The number of nitriles is 1. The van der Waals surface area contributed by atoms with Crippen molar-refractivity contribution in [3.05, 3.63) is 112 Å². The first kappa shape index (κ1) is 23.1. The number of rotatable bonds is 7. The summed E-state index contributed by atoms with van der Waals surface area (Å²) in [6.45, 7) is 3.75. The molecule has 2 N–H and O–H groups in total. The lowest BCUT2D eigenvalue weighted by Crippen LogP contribution is -2.30. The Hall–Kier alpha value is -4.02. The Kier molecular flexibility index (Phi) is 7.00. The molecule has 0 spiro atoms. The second kappa shape index (κ2) is 10.3. The lowest BCUT2D eigenvalue weighted by molar-refractivity contribution is -0.113. The molecule has 0 fully saturated rings. The summed E-state index contributed by atoms with van der Waals surface area (Å²) in [5.74, 6) is -0.425. The van der Waals surface area contributed by atoms with Crippen LogP contribution in [-0.4, -0.2) is 17.4 Å². The minimum absolute atomic E-state index is 0.0413. The lowest BCUT2D eigenvalue weighted by Gasteiger charge is -2.28. The van der Waals surface area contributed by atoms with Gasteiger partial charge in [-0.25, -0.2) is 0 Å². The maximum Gasteiger partial charge on any atom is 0.254 e. The van der Waals surface area contributed by atoms with Gasteiger partial charge in [0.15, 0.2) is 5.78 Å². The number of nitrogens with one attached hydrogen (secondary N) is 2. The Balaban J connectivity index is 1.63. The average Bonchev–Trinajstić information content (AvgIpc) is 3.37. The van der Waals surface area contributed by atoms with Crippen LogP contribution in [0, 0.1) is 18.3 Å². The number of carbonyl (C=O) groups is 2. The van der Waals surface area contributed by atoms with Gasteiger partial charge in [0.05, 0.1) is 40.2 Å². The number of amides is 1. The van der Waals surface area contributed by atoms with Crippen molar-refractivity contribution in [3.63, 3.8) is 0 Å². The summed E-state index contributed by atoms with van der Waals surface area (Å²) in [4.78, 5) is 26.0. The molecule has 4 rings (SSSR count). The number of allylic oxidation sites excluding steroid dienone is 2. The Morgan fingerprint density at radius 3 is 2.44 bits per heavy atom. The summed E-state index contributed by atoms with van der Waals surface area (Å²) < 4.78 is 5.64. The van der Waals surface area contributed by atoms with Gasteiger partial charge in [-0.2, -0.15) is 5.26 Å². The molecule has 1 atom stereocenters. The SMILES string of the molecule is CC1=C(C(=O)Nc2ccccc2)C(c2ccco2)C(C#N)=C(SCC(=O)c2ccc(C)cc2)N1. The van der Waals surface area contributed by atoms with Gasteiger partial charge in [0.25, 0.3) is 5.91 Å². The molecule has 6 nitrogen and oxygen atoms in total. The van der Waals surface area contributed by atoms with Crippen LogP contribution in [0.15, 0.2) is 99.3 Å². The molecule has 0 saturated carbocycles. The highest BCUT2D eigenvalue weighted by atomic mass is 32.2. The average molecular weight is 470 g/mol. The van der Waals surface area contributed by atoms with E-state index in [2.05, 4.69) is 16.7 Å². The van der Waals surface area contributed by atoms with Crippen LogP contribution in [0.25, 0.3) is 0 Å². The van der Waals surface area contributed by atoms with Crippen LogP contribution in [0.1, 0.15) is 34.5 Å². The summed E-state index contributed by atoms with van der Waals surface area (Å²) in [7, 11) is 0. The molecule has 7 heteroatoms. The minimum atomic E-state index is -0.693. The highest BCUT2D eigenvalue weighted by Gasteiger charge is 2.36. The zero-order valence-corrected chi connectivity index (χ0v) is 19.6. The van der Waals surface area contributed by atoms with Gasteiger partial charge in [-0.1, -0.05) is 59.8 Å². The van der Waals surface area contributed by atoms with Gasteiger partial charge in [0, 0.05) is 16.9 Å². The van der Waals surface area contributed by atoms with E-state index in [1.807, 2.05) is 37.3 Å². The molecule has 1 aliphatic rings. The molecule has 3 aromatic rings. The summed E-state index contributed by atoms with van der Waals surface area (Å²) >= 11 is 1.25. The second-order valence-corrected chi connectivity index (χ2v) is 8.85. The number of ketones is 1. The van der Waals surface area contributed by atoms with Gasteiger partial charge in [0.2, 0.25) is 0 Å². The van der Waals surface area contributed by atoms with Crippen LogP contribution in [0.4, 0.5) is 5.69 Å². The van der Waals surface area contributed by atoms with Gasteiger partial charge in [-0.05, 0) is 38.1 Å². The van der Waals surface area contributed by atoms with Crippen molar-refractivity contribution < 1.29 is 14.0 Å². The lowest BCUT2D eigenvalue weighted by atomic mass is 9.85. The van der Waals surface area contributed by atoms with Crippen molar-refractivity contribution in [3.8, 4) is 6.07 Å². The van der Waals surface area contributed by atoms with Crippen LogP contribution in [0.5, 0.6) is 0 Å². The molecule has 34 heavy (non-hydrogen) atoms. The van der Waals surface area contributed by atoms with Gasteiger partial charge in [0.1, 0.15) is 5.76 Å². The summed E-state index contributed by atoms with van der Waals surface area (Å²) in [5, 5.41) is 16.7. The van der Waals surface area contributed by atoms with Crippen LogP contribution in [0.3, 0.4) is 0 Å². The predicted molar refractivity (Wildman–Crippen MR) is 133 cm³/mol. The number of nitrogens with zero attached hydrogens (tertiary/aromatic N) is 1. The third-order valence-electron chi connectivity index (χ3n) is 5.47. The highest BCUT2D eigenvalue weighted by Crippen LogP contribution is 2.41. The number of dihydropyridines is 1. The summed E-state index contributed by atoms with van der Waals surface area (Å²) in [6, 6.07) is 22.2. The first-order valence-corrected chi connectivity index (χ1v) is 11.7. The Morgan fingerprint density at radius 1 is 1.06 bits per heavy atom. The van der Waals surface area contributed by atoms with Crippen molar-refractivity contribution >= 4 is 29.1 Å². The molecule has 1 aromatic heterocycles. The molecule has 0 bridgehead atoms. The Bertz CT molecular complexity index is 1300. The van der Waals surface area contributed by atoms with Crippen molar-refractivity contribution in [2.45, 2.75) is 19.8 Å². The maximum absolute atomic E-state index is 13.3. The van der Waals surface area contributed by atoms with Crippen LogP contribution in [0.2, 0.25) is 0 Å². The quantitative estimate of drug-likeness (QED) is 0.441. The van der Waals surface area contributed by atoms with Gasteiger partial charge >= 0.3 is 0 Å². The topological polar surface area (TPSA) is 95.1 Å². The van der Waals surface area contributed by atoms with Crippen molar-refractivity contribution in [2.75, 3.05) is 11.1 Å². The fourth-order valence-corrected chi connectivity index (χ4v) is 4.73. The molecule has 2 aromatic carbocycles. The number of hydrogen-bond acceptors (Lipinski definition) is 6. The number of thioether (sulfide) groups is 1. The monoisotopic (exact) mass is 469 g/mol. The number of furan rings is 1. The van der Waals surface area contributed by atoms with E-state index in [1.165, 1.54) is 18.0 Å². The number of para-hydroxylation sites is 1. The number of carbonyl (C=O) groups excluding carboxylic acids is 2. The first-order chi connectivity index (χ1) is 16.5. The zero-order valence-electron chi connectivity index (χ0n) is 18.8. The number of Topliss-reactive ketones (excluding diaryl/α,β-unsaturated/α-hetero) is 1. The van der Waals surface area contributed by atoms with Gasteiger partial charge < -0.3 is 15.1 Å². The van der Waals surface area contributed by atoms with E-state index in [1.54, 1.807) is 43.3 Å². The minimum Gasteiger partial charge on any atom is -0.468 e. The molecule has 1 amide bonds. The zero-order chi connectivity index (χ0) is 24.1. The van der Waals surface area contributed by atoms with E-state index in [0.29, 0.717) is 38.9 Å². The molecule has 2 heterocycles. The van der Waals surface area contributed by atoms with Crippen molar-refractivity contribution in [1.29, 1.82) is 5.26 Å². The third-order valence-corrected chi connectivity index (χ3v) is 6.49. The molecule has 1 unspecified atom stereocenters. The van der Waals surface area contributed by atoms with Crippen molar-refractivity contribution in [1.82, 2.24) is 5.32 Å². The van der Waals surface area contributed by atoms with Gasteiger partial charge in [-0.15, -0.1) is 0 Å². The smallest absolute Gasteiger partial charge is 0.254 e. The van der Waals surface area contributed by atoms with E-state index < -0.39 is 5.92 Å². The number of benzene rings is 2. The molecule has 170 valence electrons. The molecule has 0 aliphatic carbocycles. The van der Waals surface area contributed by atoms with Crippen molar-refractivity contribution in [2.24, 2.45) is 0 Å². The number of hydrogen-bond donors (Lipinski definition) is 2. The van der Waals surface area contributed by atoms with Gasteiger partial charge in [-0.3, -0.25) is 9.59 Å². The maximum atomic E-state index is 13.3. The summed E-state index contributed by atoms with van der Waals surface area (Å²) in [5.41, 5.74) is 3.67. The van der Waals surface area contributed by atoms with E-state index in [-0.39, 0.29) is 17.4 Å². The van der Waals surface area contributed by atoms with Crippen LogP contribution >= 0.6 is 11.8 Å². The van der Waals surface area contributed by atoms with E-state index in [4.69, 9.17) is 4.42 Å². The summed E-state index contributed by atoms with van der Waals surface area (Å²) in [6.07, 6.45) is 1.52. The van der Waals surface area contributed by atoms with E-state index >= 15 is 0 Å².